The molecule has 0 radical (unpaired) electrons. The molecule has 0 unspecified atom stereocenters. The summed E-state index contributed by atoms with van der Waals surface area (Å²) in [6, 6.07) is 16.4. The number of hydrogen-bond donors (Lipinski definition) is 0. The lowest BCUT2D eigenvalue weighted by atomic mass is 9.97. The fourth-order valence-corrected chi connectivity index (χ4v) is 4.36. The number of amides is 1. The van der Waals surface area contributed by atoms with E-state index in [2.05, 4.69) is 28.2 Å². The second-order valence-corrected chi connectivity index (χ2v) is 8.39. The maximum Gasteiger partial charge on any atom is 0.253 e. The van der Waals surface area contributed by atoms with Gasteiger partial charge in [0.15, 0.2) is 0 Å². The first-order valence-electron chi connectivity index (χ1n) is 11.0. The number of pyridine rings is 1. The molecule has 0 spiro atoms. The maximum atomic E-state index is 13.3. The van der Waals surface area contributed by atoms with Crippen LogP contribution in [0.15, 0.2) is 79.6 Å². The van der Waals surface area contributed by atoms with E-state index in [-0.39, 0.29) is 11.8 Å². The second-order valence-electron chi connectivity index (χ2n) is 8.39. The van der Waals surface area contributed by atoms with Crippen LogP contribution in [-0.2, 0) is 17.7 Å². The van der Waals surface area contributed by atoms with E-state index in [0.717, 1.165) is 22.9 Å². The molecule has 1 amide bonds. The van der Waals surface area contributed by atoms with Crippen molar-refractivity contribution in [2.75, 3.05) is 26.3 Å². The summed E-state index contributed by atoms with van der Waals surface area (Å²) in [4.78, 5) is 23.6. The Morgan fingerprint density at radius 2 is 2.00 bits per heavy atom. The zero-order valence-electron chi connectivity index (χ0n) is 17.9. The van der Waals surface area contributed by atoms with Crippen LogP contribution >= 0.6 is 0 Å². The van der Waals surface area contributed by atoms with Crippen molar-refractivity contribution >= 4 is 16.7 Å². The van der Waals surface area contributed by atoms with Crippen molar-refractivity contribution in [2.24, 2.45) is 5.92 Å². The van der Waals surface area contributed by atoms with Crippen LogP contribution < -0.4 is 0 Å². The van der Waals surface area contributed by atoms with E-state index in [1.807, 2.05) is 58.4 Å². The monoisotopic (exact) mass is 426 g/mol. The van der Waals surface area contributed by atoms with Gasteiger partial charge in [-0.1, -0.05) is 24.3 Å². The Balaban J connectivity index is 1.29. The molecule has 0 saturated carbocycles. The average molecular weight is 427 g/mol. The smallest absolute Gasteiger partial charge is 0.253 e. The molecule has 6 heteroatoms. The van der Waals surface area contributed by atoms with Crippen molar-refractivity contribution < 1.29 is 9.53 Å². The third-order valence-corrected chi connectivity index (χ3v) is 5.95. The van der Waals surface area contributed by atoms with E-state index >= 15 is 0 Å². The third kappa shape index (κ3) is 4.70. The summed E-state index contributed by atoms with van der Waals surface area (Å²) < 4.78 is 7.86. The Bertz CT molecular complexity index is 1210. The number of imidazole rings is 1. The summed E-state index contributed by atoms with van der Waals surface area (Å²) >= 11 is 0. The lowest BCUT2D eigenvalue weighted by Crippen LogP contribution is -2.36. The molecular weight excluding hydrogens is 400 g/mol. The molecule has 5 rings (SSSR count). The Hall–Kier alpha value is -3.51. The van der Waals surface area contributed by atoms with Gasteiger partial charge in [0.1, 0.15) is 0 Å². The van der Waals surface area contributed by atoms with Crippen LogP contribution in [0.3, 0.4) is 0 Å². The van der Waals surface area contributed by atoms with Crippen molar-refractivity contribution in [1.82, 2.24) is 19.4 Å². The normalized spacial score (nSPS) is 16.8. The minimum absolute atomic E-state index is 0.0655. The maximum absolute atomic E-state index is 13.3. The number of fused-ring (bicyclic) bond motifs is 1. The Kier molecular flexibility index (Phi) is 5.94. The first-order valence-corrected chi connectivity index (χ1v) is 11.0. The van der Waals surface area contributed by atoms with Gasteiger partial charge in [-0.2, -0.15) is 0 Å². The van der Waals surface area contributed by atoms with E-state index in [1.165, 1.54) is 10.9 Å². The van der Waals surface area contributed by atoms with Crippen LogP contribution in [0.1, 0.15) is 21.5 Å². The lowest BCUT2D eigenvalue weighted by Gasteiger charge is -2.24. The number of ether oxygens (including phenoxy) is 1. The van der Waals surface area contributed by atoms with Crippen LogP contribution in [0.2, 0.25) is 0 Å². The van der Waals surface area contributed by atoms with Crippen LogP contribution in [-0.4, -0.2) is 51.6 Å². The van der Waals surface area contributed by atoms with Gasteiger partial charge in [-0.25, -0.2) is 4.98 Å². The molecule has 1 fully saturated rings. The summed E-state index contributed by atoms with van der Waals surface area (Å²) in [7, 11) is 0. The predicted molar refractivity (Wildman–Crippen MR) is 123 cm³/mol. The van der Waals surface area contributed by atoms with E-state index in [1.54, 1.807) is 12.5 Å². The van der Waals surface area contributed by atoms with Crippen molar-refractivity contribution in [1.29, 1.82) is 0 Å². The van der Waals surface area contributed by atoms with Gasteiger partial charge >= 0.3 is 0 Å². The van der Waals surface area contributed by atoms with Crippen molar-refractivity contribution in [3.8, 4) is 0 Å². The first kappa shape index (κ1) is 20.4. The number of aromatic nitrogens is 3. The molecule has 2 aromatic carbocycles. The number of carbonyl (C=O) groups is 1. The van der Waals surface area contributed by atoms with E-state index in [4.69, 9.17) is 4.74 Å². The highest BCUT2D eigenvalue weighted by atomic mass is 16.5. The highest BCUT2D eigenvalue weighted by Gasteiger charge is 2.24. The number of benzene rings is 2. The number of nitrogens with zero attached hydrogens (tertiary/aromatic N) is 4. The molecular formula is C26H26N4O2. The van der Waals surface area contributed by atoms with E-state index in [0.29, 0.717) is 32.8 Å². The molecule has 0 aliphatic carbocycles. The van der Waals surface area contributed by atoms with Gasteiger partial charge in [-0.15, -0.1) is 0 Å². The molecule has 0 bridgehead atoms. The molecule has 32 heavy (non-hydrogen) atoms. The molecule has 2 aromatic heterocycles. The van der Waals surface area contributed by atoms with Gasteiger partial charge in [0, 0.05) is 61.3 Å². The number of carbonyl (C=O) groups excluding carboxylic acids is 1. The van der Waals surface area contributed by atoms with E-state index < -0.39 is 0 Å². The molecule has 1 aliphatic rings. The van der Waals surface area contributed by atoms with Crippen molar-refractivity contribution in [2.45, 2.75) is 13.0 Å². The highest BCUT2D eigenvalue weighted by molar-refractivity contribution is 5.94. The molecule has 4 aromatic rings. The van der Waals surface area contributed by atoms with Gasteiger partial charge in [-0.3, -0.25) is 9.78 Å². The minimum Gasteiger partial charge on any atom is -0.379 e. The molecule has 3 heterocycles. The predicted octanol–water partition coefficient (Wildman–Crippen LogP) is 3.81. The van der Waals surface area contributed by atoms with Crippen molar-refractivity contribution in [3.63, 3.8) is 0 Å². The second kappa shape index (κ2) is 9.32. The first-order chi connectivity index (χ1) is 15.7. The minimum atomic E-state index is 0.0655. The van der Waals surface area contributed by atoms with Crippen LogP contribution in [0.5, 0.6) is 0 Å². The fraction of sp³-hybridized carbons (Fsp3) is 0.269. The number of hydrogen-bond acceptors (Lipinski definition) is 4. The van der Waals surface area contributed by atoms with Gasteiger partial charge in [-0.05, 0) is 47.2 Å². The van der Waals surface area contributed by atoms with Gasteiger partial charge < -0.3 is 14.2 Å². The SMILES string of the molecule is O=C(c1cccc(Cn2ccnc2)c1)N1CCOC[C@H](Cc2ccc3ccncc3c2)C1. The Morgan fingerprint density at radius 1 is 1.03 bits per heavy atom. The van der Waals surface area contributed by atoms with E-state index in [9.17, 15) is 4.79 Å². The summed E-state index contributed by atoms with van der Waals surface area (Å²) in [6.07, 6.45) is 10.1. The molecule has 1 saturated heterocycles. The van der Waals surface area contributed by atoms with Crippen LogP contribution in [0.4, 0.5) is 0 Å². The average Bonchev–Trinajstić information content (AvgIpc) is 3.22. The molecule has 1 aliphatic heterocycles. The van der Waals surface area contributed by atoms with Gasteiger partial charge in [0.25, 0.3) is 5.91 Å². The summed E-state index contributed by atoms with van der Waals surface area (Å²) in [5.41, 5.74) is 3.05. The lowest BCUT2D eigenvalue weighted by molar-refractivity contribution is 0.0737. The highest BCUT2D eigenvalue weighted by Crippen LogP contribution is 2.20. The largest absolute Gasteiger partial charge is 0.379 e. The van der Waals surface area contributed by atoms with Crippen LogP contribution in [0, 0.1) is 5.92 Å². The van der Waals surface area contributed by atoms with Gasteiger partial charge in [0.2, 0.25) is 0 Å². The summed E-state index contributed by atoms with van der Waals surface area (Å²) in [5.74, 6) is 0.320. The molecule has 6 nitrogen and oxygen atoms in total. The zero-order valence-corrected chi connectivity index (χ0v) is 17.9. The van der Waals surface area contributed by atoms with Gasteiger partial charge in [0.05, 0.1) is 19.5 Å². The molecule has 162 valence electrons. The summed E-state index contributed by atoms with van der Waals surface area (Å²) in [6.45, 7) is 3.23. The molecule has 0 N–H and O–H groups in total. The quantitative estimate of drug-likeness (QED) is 0.487. The Labute approximate surface area is 187 Å². The van der Waals surface area contributed by atoms with Crippen molar-refractivity contribution in [3.05, 3.63) is 96.3 Å². The third-order valence-electron chi connectivity index (χ3n) is 5.95. The topological polar surface area (TPSA) is 60.2 Å². The number of rotatable bonds is 5. The molecule has 1 atom stereocenters. The Morgan fingerprint density at radius 3 is 2.91 bits per heavy atom. The summed E-state index contributed by atoms with van der Waals surface area (Å²) in [5, 5.41) is 2.33. The van der Waals surface area contributed by atoms with Crippen LogP contribution in [0.25, 0.3) is 10.8 Å². The standard InChI is InChI=1S/C26H26N4O2/c31-26(24-3-1-2-21(14-24)16-29-9-8-28-19-29)30-10-11-32-18-22(17-30)12-20-4-5-23-6-7-27-15-25(23)13-20/h1-9,13-15,19,22H,10-12,16-18H2/t22-/m1/s1. The zero-order chi connectivity index (χ0) is 21.8. The fourth-order valence-electron chi connectivity index (χ4n) is 4.36.